The van der Waals surface area contributed by atoms with Crippen LogP contribution in [0.3, 0.4) is 0 Å². The highest BCUT2D eigenvalue weighted by atomic mass is 16.6. The van der Waals surface area contributed by atoms with Crippen molar-refractivity contribution >= 4 is 17.9 Å². The summed E-state index contributed by atoms with van der Waals surface area (Å²) in [7, 11) is 0. The van der Waals surface area contributed by atoms with Gasteiger partial charge in [0.1, 0.15) is 30.5 Å². The van der Waals surface area contributed by atoms with Crippen molar-refractivity contribution in [3.8, 4) is 28.4 Å². The summed E-state index contributed by atoms with van der Waals surface area (Å²) < 4.78 is 21.3. The molecule has 1 atom stereocenters. The summed E-state index contributed by atoms with van der Waals surface area (Å²) in [5, 5.41) is 8.85. The summed E-state index contributed by atoms with van der Waals surface area (Å²) in [6, 6.07) is 17.4. The number of rotatable bonds is 10. The minimum atomic E-state index is -0.683. The monoisotopic (exact) mass is 514 g/mol. The predicted molar refractivity (Wildman–Crippen MR) is 139 cm³/mol. The molecule has 4 rings (SSSR count). The van der Waals surface area contributed by atoms with Crippen LogP contribution in [0.5, 0.6) is 17.2 Å². The molecule has 0 aromatic heterocycles. The highest BCUT2D eigenvalue weighted by molar-refractivity contribution is 5.91. The van der Waals surface area contributed by atoms with Crippen LogP contribution in [0.2, 0.25) is 0 Å². The number of benzene rings is 3. The number of aliphatic hydroxyl groups is 1. The number of hydrogen-bond acceptors (Lipinski definition) is 8. The number of ether oxygens (including phenoxy) is 4. The largest absolute Gasteiger partial charge is 0.490 e. The second kappa shape index (κ2) is 11.6. The lowest BCUT2D eigenvalue weighted by molar-refractivity contribution is -0.140. The summed E-state index contributed by atoms with van der Waals surface area (Å²) >= 11 is 0. The first kappa shape index (κ1) is 26.4. The molecule has 3 aromatic rings. The maximum Gasteiger partial charge on any atom is 0.343 e. The predicted octanol–water partition coefficient (Wildman–Crippen LogP) is 4.60. The van der Waals surface area contributed by atoms with Gasteiger partial charge in [-0.25, -0.2) is 14.4 Å². The summed E-state index contributed by atoms with van der Waals surface area (Å²) in [6.07, 6.45) is 1.12. The van der Waals surface area contributed by atoms with E-state index in [2.05, 4.69) is 13.2 Å². The van der Waals surface area contributed by atoms with Gasteiger partial charge in [-0.3, -0.25) is 0 Å². The van der Waals surface area contributed by atoms with E-state index < -0.39 is 24.5 Å². The third-order valence-corrected chi connectivity index (χ3v) is 6.02. The van der Waals surface area contributed by atoms with Crippen molar-refractivity contribution in [1.29, 1.82) is 0 Å². The van der Waals surface area contributed by atoms with Gasteiger partial charge in [-0.05, 0) is 70.8 Å². The topological polar surface area (TPSA) is 108 Å². The minimum absolute atomic E-state index is 0.0104. The van der Waals surface area contributed by atoms with Crippen molar-refractivity contribution in [2.45, 2.75) is 12.8 Å². The third kappa shape index (κ3) is 5.82. The molecular weight excluding hydrogens is 488 g/mol. The van der Waals surface area contributed by atoms with Crippen molar-refractivity contribution in [3.63, 3.8) is 0 Å². The van der Waals surface area contributed by atoms with Gasteiger partial charge in [0.2, 0.25) is 0 Å². The lowest BCUT2D eigenvalue weighted by Crippen LogP contribution is -2.15. The Morgan fingerprint density at radius 3 is 2.03 bits per heavy atom. The summed E-state index contributed by atoms with van der Waals surface area (Å²) in [4.78, 5) is 35.7. The molecule has 38 heavy (non-hydrogen) atoms. The lowest BCUT2D eigenvalue weighted by atomic mass is 9.99. The van der Waals surface area contributed by atoms with Crippen molar-refractivity contribution < 1.29 is 38.4 Å². The number of carbonyl (C=O) groups is 3. The van der Waals surface area contributed by atoms with Crippen molar-refractivity contribution in [2.75, 3.05) is 19.8 Å². The summed E-state index contributed by atoms with van der Waals surface area (Å²) in [5.41, 5.74) is 4.39. The molecule has 1 unspecified atom stereocenters. The van der Waals surface area contributed by atoms with Gasteiger partial charge in [-0.2, -0.15) is 0 Å². The van der Waals surface area contributed by atoms with Crippen molar-refractivity contribution in [1.82, 2.24) is 0 Å². The van der Waals surface area contributed by atoms with Crippen LogP contribution in [0, 0.1) is 0 Å². The second-order valence-corrected chi connectivity index (χ2v) is 8.50. The Morgan fingerprint density at radius 2 is 1.45 bits per heavy atom. The molecule has 0 saturated carbocycles. The molecule has 0 spiro atoms. The quantitative estimate of drug-likeness (QED) is 0.181. The van der Waals surface area contributed by atoms with Gasteiger partial charge >= 0.3 is 17.9 Å². The van der Waals surface area contributed by atoms with Gasteiger partial charge in [0.15, 0.2) is 0 Å². The highest BCUT2D eigenvalue weighted by Crippen LogP contribution is 2.47. The molecule has 0 saturated heterocycles. The maximum absolute atomic E-state index is 12.7. The van der Waals surface area contributed by atoms with E-state index in [0.29, 0.717) is 22.8 Å². The smallest absolute Gasteiger partial charge is 0.343 e. The van der Waals surface area contributed by atoms with Crippen LogP contribution in [-0.2, 0) is 14.3 Å². The molecule has 0 heterocycles. The Labute approximate surface area is 219 Å². The van der Waals surface area contributed by atoms with Crippen LogP contribution in [-0.4, -0.2) is 42.8 Å². The van der Waals surface area contributed by atoms with E-state index in [4.69, 9.17) is 24.1 Å². The molecule has 0 fully saturated rings. The Kier molecular flexibility index (Phi) is 8.03. The normalized spacial score (nSPS) is 13.1. The SMILES string of the molecule is C=CC(=O)Oc1ccc2c(c1)C(C)c1cc(OC(=O)c3ccc(OCCOC(=O)C(=C)CO)cc3)ccc1-2. The van der Waals surface area contributed by atoms with E-state index in [1.807, 2.05) is 31.2 Å². The van der Waals surface area contributed by atoms with E-state index in [0.717, 1.165) is 28.3 Å². The molecule has 194 valence electrons. The van der Waals surface area contributed by atoms with Crippen molar-refractivity contribution in [2.24, 2.45) is 0 Å². The van der Waals surface area contributed by atoms with Gasteiger partial charge < -0.3 is 24.1 Å². The number of hydrogen-bond donors (Lipinski definition) is 1. The van der Waals surface area contributed by atoms with Crippen LogP contribution in [0.1, 0.15) is 34.3 Å². The molecule has 1 N–H and O–H groups in total. The second-order valence-electron chi connectivity index (χ2n) is 8.50. The van der Waals surface area contributed by atoms with E-state index in [-0.39, 0.29) is 24.7 Å². The fourth-order valence-electron chi connectivity index (χ4n) is 4.05. The molecule has 0 bridgehead atoms. The first-order valence-corrected chi connectivity index (χ1v) is 11.8. The Balaban J connectivity index is 1.36. The Hall–Kier alpha value is -4.69. The summed E-state index contributed by atoms with van der Waals surface area (Å²) in [5.74, 6) is -0.362. The molecular formula is C30H26O8. The molecule has 0 radical (unpaired) electrons. The van der Waals surface area contributed by atoms with Gasteiger partial charge in [0.05, 0.1) is 17.7 Å². The van der Waals surface area contributed by atoms with Crippen LogP contribution in [0.4, 0.5) is 0 Å². The number of esters is 3. The summed E-state index contributed by atoms with van der Waals surface area (Å²) in [6.45, 7) is 8.46. The van der Waals surface area contributed by atoms with Gasteiger partial charge in [0.25, 0.3) is 0 Å². The van der Waals surface area contributed by atoms with Crippen LogP contribution in [0.25, 0.3) is 11.1 Å². The van der Waals surface area contributed by atoms with Gasteiger partial charge in [0, 0.05) is 12.0 Å². The van der Waals surface area contributed by atoms with Crippen LogP contribution >= 0.6 is 0 Å². The fourth-order valence-corrected chi connectivity index (χ4v) is 4.05. The molecule has 1 aliphatic rings. The van der Waals surface area contributed by atoms with E-state index >= 15 is 0 Å². The first-order chi connectivity index (χ1) is 18.3. The van der Waals surface area contributed by atoms with E-state index in [9.17, 15) is 14.4 Å². The first-order valence-electron chi connectivity index (χ1n) is 11.8. The molecule has 1 aliphatic carbocycles. The zero-order chi connectivity index (χ0) is 27.2. The van der Waals surface area contributed by atoms with Gasteiger partial charge in [-0.1, -0.05) is 32.2 Å². The number of carbonyl (C=O) groups excluding carboxylic acids is 3. The zero-order valence-corrected chi connectivity index (χ0v) is 20.8. The van der Waals surface area contributed by atoms with Crippen molar-refractivity contribution in [3.05, 3.63) is 102 Å². The van der Waals surface area contributed by atoms with E-state index in [1.54, 1.807) is 36.4 Å². The Morgan fingerprint density at radius 1 is 0.868 bits per heavy atom. The lowest BCUT2D eigenvalue weighted by Gasteiger charge is -2.10. The minimum Gasteiger partial charge on any atom is -0.490 e. The molecule has 0 amide bonds. The molecule has 0 aliphatic heterocycles. The fraction of sp³-hybridized carbons (Fsp3) is 0.167. The average Bonchev–Trinajstić information content (AvgIpc) is 3.21. The van der Waals surface area contributed by atoms with Crippen LogP contribution < -0.4 is 14.2 Å². The number of fused-ring (bicyclic) bond motifs is 3. The zero-order valence-electron chi connectivity index (χ0n) is 20.8. The molecule has 3 aromatic carbocycles. The molecule has 8 nitrogen and oxygen atoms in total. The third-order valence-electron chi connectivity index (χ3n) is 6.02. The van der Waals surface area contributed by atoms with Gasteiger partial charge in [-0.15, -0.1) is 0 Å². The van der Waals surface area contributed by atoms with Crippen LogP contribution in [0.15, 0.2) is 85.5 Å². The Bertz CT molecular complexity index is 1400. The molecule has 8 heteroatoms. The average molecular weight is 515 g/mol. The maximum atomic E-state index is 12.7. The standard InChI is InChI=1S/C30H26O8/c1-4-28(32)37-22-9-11-24-25-12-10-23(16-27(25)19(3)26(24)15-22)38-30(34)20-5-7-21(8-6-20)35-13-14-36-29(33)18(2)17-31/h4-12,15-16,19,31H,1-2,13-14,17H2,3H3. The highest BCUT2D eigenvalue weighted by Gasteiger charge is 2.27. The number of aliphatic hydroxyl groups excluding tert-OH is 1. The van der Waals surface area contributed by atoms with E-state index in [1.165, 1.54) is 0 Å².